The molecule has 0 radical (unpaired) electrons. The summed E-state index contributed by atoms with van der Waals surface area (Å²) in [5.74, 6) is -1.70. The van der Waals surface area contributed by atoms with Crippen LogP contribution in [0, 0.1) is 5.82 Å². The largest absolute Gasteiger partial charge is 0.507 e. The van der Waals surface area contributed by atoms with Gasteiger partial charge < -0.3 is 16.2 Å². The van der Waals surface area contributed by atoms with Crippen molar-refractivity contribution in [1.82, 2.24) is 5.32 Å². The lowest BCUT2D eigenvalue weighted by Gasteiger charge is -2.15. The minimum absolute atomic E-state index is 0.188. The molecule has 3 rings (SSSR count). The maximum Gasteiger partial charge on any atom is 0.258 e. The van der Waals surface area contributed by atoms with E-state index in [0.29, 0.717) is 5.69 Å². The van der Waals surface area contributed by atoms with E-state index in [4.69, 9.17) is 5.73 Å². The molecule has 1 aliphatic carbocycles. The second-order valence-corrected chi connectivity index (χ2v) is 5.16. The van der Waals surface area contributed by atoms with Gasteiger partial charge >= 0.3 is 0 Å². The summed E-state index contributed by atoms with van der Waals surface area (Å²) in [6, 6.07) is 9.16. The van der Waals surface area contributed by atoms with Gasteiger partial charge in [0.15, 0.2) is 0 Å². The molecule has 0 saturated carbocycles. The molecule has 1 atom stereocenters. The number of amides is 1. The monoisotopic (exact) mass is 286 g/mol. The van der Waals surface area contributed by atoms with Gasteiger partial charge in [-0.15, -0.1) is 0 Å². The van der Waals surface area contributed by atoms with Crippen LogP contribution in [-0.4, -0.2) is 11.0 Å². The quantitative estimate of drug-likeness (QED) is 0.743. The molecule has 0 fully saturated rings. The number of nitrogens with two attached hydrogens (primary N) is 1. The summed E-state index contributed by atoms with van der Waals surface area (Å²) in [7, 11) is 0. The van der Waals surface area contributed by atoms with Crippen molar-refractivity contribution in [3.05, 3.63) is 58.9 Å². The number of hydrogen-bond acceptors (Lipinski definition) is 3. The summed E-state index contributed by atoms with van der Waals surface area (Å²) in [5.41, 5.74) is 8.20. The average molecular weight is 286 g/mol. The van der Waals surface area contributed by atoms with Crippen LogP contribution in [0.4, 0.5) is 10.1 Å². The minimum atomic E-state index is -0.733. The van der Waals surface area contributed by atoms with Gasteiger partial charge in [0.25, 0.3) is 5.91 Å². The molecule has 4 N–H and O–H groups in total. The predicted octanol–water partition coefficient (Wildman–Crippen LogP) is 2.53. The average Bonchev–Trinajstić information content (AvgIpc) is 2.80. The number of hydrogen-bond donors (Lipinski definition) is 3. The van der Waals surface area contributed by atoms with Gasteiger partial charge in [-0.1, -0.05) is 12.1 Å². The zero-order valence-electron chi connectivity index (χ0n) is 11.3. The van der Waals surface area contributed by atoms with Crippen molar-refractivity contribution in [3.8, 4) is 5.75 Å². The Labute approximate surface area is 121 Å². The van der Waals surface area contributed by atoms with Gasteiger partial charge in [0.1, 0.15) is 17.1 Å². The number of anilines is 1. The first-order chi connectivity index (χ1) is 10.1. The number of nitrogens with one attached hydrogen (secondary N) is 1. The number of carbonyl (C=O) groups excluding carboxylic acids is 1. The van der Waals surface area contributed by atoms with E-state index in [1.807, 2.05) is 12.1 Å². The zero-order chi connectivity index (χ0) is 15.0. The van der Waals surface area contributed by atoms with Gasteiger partial charge in [0.2, 0.25) is 0 Å². The fourth-order valence-corrected chi connectivity index (χ4v) is 2.76. The Morgan fingerprint density at radius 3 is 2.90 bits per heavy atom. The smallest absolute Gasteiger partial charge is 0.258 e. The Morgan fingerprint density at radius 1 is 1.33 bits per heavy atom. The third kappa shape index (κ3) is 2.42. The minimum Gasteiger partial charge on any atom is -0.507 e. The fourth-order valence-electron chi connectivity index (χ4n) is 2.76. The summed E-state index contributed by atoms with van der Waals surface area (Å²) in [6.45, 7) is 0. The molecule has 0 bridgehead atoms. The van der Waals surface area contributed by atoms with Crippen molar-refractivity contribution in [2.75, 3.05) is 5.73 Å². The maximum atomic E-state index is 13.7. The number of phenols is 1. The van der Waals surface area contributed by atoms with Crippen LogP contribution in [0.5, 0.6) is 5.75 Å². The molecule has 1 aliphatic rings. The number of nitrogen functional groups attached to an aromatic ring is 1. The van der Waals surface area contributed by atoms with E-state index >= 15 is 0 Å². The third-order valence-corrected chi connectivity index (χ3v) is 3.77. The van der Waals surface area contributed by atoms with Crippen molar-refractivity contribution >= 4 is 11.6 Å². The lowest BCUT2D eigenvalue weighted by atomic mass is 10.1. The maximum absolute atomic E-state index is 13.7. The first-order valence-electron chi connectivity index (χ1n) is 6.73. The zero-order valence-corrected chi connectivity index (χ0v) is 11.3. The molecule has 0 aromatic heterocycles. The van der Waals surface area contributed by atoms with Crippen LogP contribution in [0.25, 0.3) is 0 Å². The summed E-state index contributed by atoms with van der Waals surface area (Å²) in [6.07, 6.45) is 1.55. The molecule has 108 valence electrons. The lowest BCUT2D eigenvalue weighted by molar-refractivity contribution is 0.0929. The Balaban J connectivity index is 1.85. The molecular weight excluding hydrogens is 271 g/mol. The van der Waals surface area contributed by atoms with Gasteiger partial charge in [0, 0.05) is 5.69 Å². The van der Waals surface area contributed by atoms with Gasteiger partial charge in [-0.25, -0.2) is 4.39 Å². The van der Waals surface area contributed by atoms with Gasteiger partial charge in [-0.05, 0) is 48.2 Å². The molecule has 1 amide bonds. The van der Waals surface area contributed by atoms with E-state index in [1.165, 1.54) is 12.1 Å². The van der Waals surface area contributed by atoms with Crippen molar-refractivity contribution in [3.63, 3.8) is 0 Å². The Bertz CT molecular complexity index is 695. The molecule has 4 nitrogen and oxygen atoms in total. The number of aryl methyl sites for hydroxylation is 1. The first kappa shape index (κ1) is 13.4. The molecule has 0 aliphatic heterocycles. The Hall–Kier alpha value is -2.56. The molecule has 21 heavy (non-hydrogen) atoms. The number of phenolic OH excluding ortho intramolecular Hbond substituents is 1. The molecule has 0 saturated heterocycles. The van der Waals surface area contributed by atoms with E-state index < -0.39 is 11.7 Å². The number of carbonyl (C=O) groups is 1. The molecule has 1 unspecified atom stereocenters. The highest BCUT2D eigenvalue weighted by atomic mass is 19.1. The second kappa shape index (κ2) is 5.09. The number of halogens is 1. The van der Waals surface area contributed by atoms with Crippen molar-refractivity contribution in [2.45, 2.75) is 18.9 Å². The fraction of sp³-hybridized carbons (Fsp3) is 0.188. The molecule has 5 heteroatoms. The van der Waals surface area contributed by atoms with E-state index in [9.17, 15) is 14.3 Å². The van der Waals surface area contributed by atoms with Gasteiger partial charge in [-0.2, -0.15) is 0 Å². The third-order valence-electron chi connectivity index (χ3n) is 3.77. The normalized spacial score (nSPS) is 16.5. The Kier molecular flexibility index (Phi) is 3.25. The second-order valence-electron chi connectivity index (χ2n) is 5.16. The van der Waals surface area contributed by atoms with Crippen LogP contribution in [0.1, 0.15) is 33.9 Å². The highest BCUT2D eigenvalue weighted by molar-refractivity contribution is 5.97. The predicted molar refractivity (Wildman–Crippen MR) is 77.4 cm³/mol. The highest BCUT2D eigenvalue weighted by Crippen LogP contribution is 2.33. The number of fused-ring (bicyclic) bond motifs is 1. The van der Waals surface area contributed by atoms with Gasteiger partial charge in [-0.3, -0.25) is 4.79 Å². The van der Waals surface area contributed by atoms with Crippen molar-refractivity contribution in [2.24, 2.45) is 0 Å². The number of benzene rings is 2. The van der Waals surface area contributed by atoms with Crippen LogP contribution in [0.3, 0.4) is 0 Å². The SMILES string of the molecule is Nc1ccc2c(c1)CCC2NC(=O)c1c(O)cccc1F. The molecule has 0 heterocycles. The van der Waals surface area contributed by atoms with E-state index in [1.54, 1.807) is 6.07 Å². The number of rotatable bonds is 2. The van der Waals surface area contributed by atoms with Crippen LogP contribution in [-0.2, 0) is 6.42 Å². The summed E-state index contributed by atoms with van der Waals surface area (Å²) >= 11 is 0. The van der Waals surface area contributed by atoms with Crippen LogP contribution >= 0.6 is 0 Å². The van der Waals surface area contributed by atoms with Crippen LogP contribution < -0.4 is 11.1 Å². The van der Waals surface area contributed by atoms with Gasteiger partial charge in [0.05, 0.1) is 6.04 Å². The summed E-state index contributed by atoms with van der Waals surface area (Å²) in [4.78, 5) is 12.2. The van der Waals surface area contributed by atoms with E-state index in [0.717, 1.165) is 30.0 Å². The highest BCUT2D eigenvalue weighted by Gasteiger charge is 2.26. The molecule has 2 aromatic rings. The lowest BCUT2D eigenvalue weighted by Crippen LogP contribution is -2.28. The number of aromatic hydroxyl groups is 1. The first-order valence-corrected chi connectivity index (χ1v) is 6.73. The van der Waals surface area contributed by atoms with E-state index in [2.05, 4.69) is 5.32 Å². The van der Waals surface area contributed by atoms with Crippen molar-refractivity contribution < 1.29 is 14.3 Å². The standard InChI is InChI=1S/C16H15FN2O2/c17-12-2-1-3-14(20)15(12)16(21)19-13-7-4-9-8-10(18)5-6-11(9)13/h1-3,5-6,8,13,20H,4,7,18H2,(H,19,21). The topological polar surface area (TPSA) is 75.3 Å². The molecule has 2 aromatic carbocycles. The summed E-state index contributed by atoms with van der Waals surface area (Å²) in [5, 5.41) is 12.4. The summed E-state index contributed by atoms with van der Waals surface area (Å²) < 4.78 is 13.7. The molecule has 0 spiro atoms. The van der Waals surface area contributed by atoms with Crippen LogP contribution in [0.2, 0.25) is 0 Å². The van der Waals surface area contributed by atoms with E-state index in [-0.39, 0.29) is 17.4 Å². The molecular formula is C16H15FN2O2. The Morgan fingerprint density at radius 2 is 2.14 bits per heavy atom. The van der Waals surface area contributed by atoms with Crippen LogP contribution in [0.15, 0.2) is 36.4 Å². The van der Waals surface area contributed by atoms with Crippen molar-refractivity contribution in [1.29, 1.82) is 0 Å².